The normalized spacial score (nSPS) is 13.0. The Balaban J connectivity index is 1.05. The molecule has 0 N–H and O–H groups in total. The van der Waals surface area contributed by atoms with Gasteiger partial charge in [-0.15, -0.1) is 0 Å². The molecule has 0 saturated carbocycles. The molecule has 0 aliphatic carbocycles. The molecule has 1 aliphatic heterocycles. The fraction of sp³-hybridized carbons (Fsp3) is 0.0500. The molecule has 3 nitrogen and oxygen atoms in total. The first-order chi connectivity index (χ1) is 21.3. The van der Waals surface area contributed by atoms with Crippen molar-refractivity contribution in [3.8, 4) is 44.8 Å². The standard InChI is InChI=1S/C40H28N2O/c1-2-11-35-29(7-1)8-6-12-36(35)30-18-14-28(15-19-30)33-22-23-38-39(26-33)43-40(42-38)31-20-16-27(17-21-31)32-9-5-10-34(25-32)37-13-3-4-24-41-37/h1-2,5-26H,3-4H2. The van der Waals surface area contributed by atoms with E-state index in [9.17, 15) is 0 Å². The molecule has 6 aromatic carbocycles. The zero-order valence-electron chi connectivity index (χ0n) is 23.6. The van der Waals surface area contributed by atoms with Crippen LogP contribution in [0, 0.1) is 0 Å². The molecule has 8 rings (SSSR count). The fourth-order valence-corrected chi connectivity index (χ4v) is 5.91. The third-order valence-corrected chi connectivity index (χ3v) is 8.19. The first-order valence-corrected chi connectivity index (χ1v) is 14.7. The van der Waals surface area contributed by atoms with Crippen molar-refractivity contribution in [2.45, 2.75) is 12.8 Å². The Bertz CT molecular complexity index is 2160. The number of benzene rings is 6. The molecule has 0 saturated heterocycles. The number of hydrogen-bond donors (Lipinski definition) is 0. The minimum absolute atomic E-state index is 0.625. The van der Waals surface area contributed by atoms with Crippen molar-refractivity contribution >= 4 is 33.8 Å². The summed E-state index contributed by atoms with van der Waals surface area (Å²) in [4.78, 5) is 9.36. The van der Waals surface area contributed by atoms with Crippen LogP contribution in [0.25, 0.3) is 72.4 Å². The first kappa shape index (κ1) is 25.2. The van der Waals surface area contributed by atoms with Gasteiger partial charge in [0.05, 0.1) is 5.70 Å². The second-order valence-electron chi connectivity index (χ2n) is 10.9. The third kappa shape index (κ3) is 4.85. The van der Waals surface area contributed by atoms with Crippen LogP contribution in [0.15, 0.2) is 149 Å². The molecule has 0 spiro atoms. The molecule has 1 aliphatic rings. The molecule has 0 fully saturated rings. The van der Waals surface area contributed by atoms with Gasteiger partial charge in [-0.1, -0.05) is 109 Å². The maximum atomic E-state index is 6.27. The Morgan fingerprint density at radius 2 is 1.19 bits per heavy atom. The highest BCUT2D eigenvalue weighted by molar-refractivity contribution is 5.97. The van der Waals surface area contributed by atoms with Gasteiger partial charge in [0.15, 0.2) is 5.58 Å². The molecule has 0 unspecified atom stereocenters. The monoisotopic (exact) mass is 552 g/mol. The summed E-state index contributed by atoms with van der Waals surface area (Å²) < 4.78 is 6.27. The average molecular weight is 553 g/mol. The van der Waals surface area contributed by atoms with E-state index < -0.39 is 0 Å². The highest BCUT2D eigenvalue weighted by Crippen LogP contribution is 2.33. The van der Waals surface area contributed by atoms with Gasteiger partial charge in [-0.2, -0.15) is 0 Å². The maximum absolute atomic E-state index is 6.27. The lowest BCUT2D eigenvalue weighted by Crippen LogP contribution is -1.89. The topological polar surface area (TPSA) is 38.4 Å². The van der Waals surface area contributed by atoms with Gasteiger partial charge in [-0.25, -0.2) is 4.98 Å². The van der Waals surface area contributed by atoms with Crippen LogP contribution in [-0.2, 0) is 0 Å². The second kappa shape index (κ2) is 10.7. The molecule has 7 aromatic rings. The number of aromatic nitrogens is 1. The molecule has 0 bridgehead atoms. The molecule has 0 amide bonds. The van der Waals surface area contributed by atoms with Gasteiger partial charge >= 0.3 is 0 Å². The lowest BCUT2D eigenvalue weighted by Gasteiger charge is -2.09. The van der Waals surface area contributed by atoms with E-state index in [1.807, 2.05) is 12.3 Å². The van der Waals surface area contributed by atoms with E-state index >= 15 is 0 Å². The van der Waals surface area contributed by atoms with Gasteiger partial charge in [0.2, 0.25) is 5.89 Å². The smallest absolute Gasteiger partial charge is 0.227 e. The number of aliphatic imine (C=N–C) groups is 1. The Labute approximate surface area is 250 Å². The number of nitrogens with zero attached hydrogens (tertiary/aromatic N) is 2. The summed E-state index contributed by atoms with van der Waals surface area (Å²) >= 11 is 0. The summed E-state index contributed by atoms with van der Waals surface area (Å²) in [7, 11) is 0. The minimum atomic E-state index is 0.625. The Hall–Kier alpha value is -5.54. The summed E-state index contributed by atoms with van der Waals surface area (Å²) in [5, 5.41) is 2.52. The van der Waals surface area contributed by atoms with E-state index in [0.29, 0.717) is 5.89 Å². The van der Waals surface area contributed by atoms with Gasteiger partial charge < -0.3 is 4.42 Å². The zero-order valence-corrected chi connectivity index (χ0v) is 23.6. The van der Waals surface area contributed by atoms with E-state index in [2.05, 4.69) is 138 Å². The molecule has 204 valence electrons. The summed E-state index contributed by atoms with van der Waals surface area (Å²) in [6.07, 6.45) is 6.27. The Kier molecular flexibility index (Phi) is 6.27. The van der Waals surface area contributed by atoms with Crippen molar-refractivity contribution in [3.05, 3.63) is 145 Å². The fourth-order valence-electron chi connectivity index (χ4n) is 5.91. The molecule has 3 heteroatoms. The van der Waals surface area contributed by atoms with E-state index in [1.54, 1.807) is 0 Å². The van der Waals surface area contributed by atoms with Gasteiger partial charge in [0.25, 0.3) is 0 Å². The number of fused-ring (bicyclic) bond motifs is 2. The third-order valence-electron chi connectivity index (χ3n) is 8.19. The Morgan fingerprint density at radius 3 is 2.00 bits per heavy atom. The van der Waals surface area contributed by atoms with Gasteiger partial charge in [0, 0.05) is 17.3 Å². The van der Waals surface area contributed by atoms with Crippen LogP contribution < -0.4 is 0 Å². The summed E-state index contributed by atoms with van der Waals surface area (Å²) in [5.74, 6) is 0.625. The molecule has 2 heterocycles. The predicted molar refractivity (Wildman–Crippen MR) is 179 cm³/mol. The highest BCUT2D eigenvalue weighted by Gasteiger charge is 2.12. The molecular weight excluding hydrogens is 524 g/mol. The number of oxazole rings is 1. The maximum Gasteiger partial charge on any atom is 0.227 e. The summed E-state index contributed by atoms with van der Waals surface area (Å²) in [6, 6.07) is 47.0. The lowest BCUT2D eigenvalue weighted by molar-refractivity contribution is 0.620. The quantitative estimate of drug-likeness (QED) is 0.213. The van der Waals surface area contributed by atoms with Gasteiger partial charge in [-0.05, 0) is 87.3 Å². The van der Waals surface area contributed by atoms with Crippen LogP contribution in [-0.4, -0.2) is 11.2 Å². The molecular formula is C40H28N2O. The first-order valence-electron chi connectivity index (χ1n) is 14.7. The molecule has 0 atom stereocenters. The Morgan fingerprint density at radius 1 is 0.512 bits per heavy atom. The number of hydrogen-bond acceptors (Lipinski definition) is 3. The molecule has 1 aromatic heterocycles. The van der Waals surface area contributed by atoms with Crippen molar-refractivity contribution in [3.63, 3.8) is 0 Å². The molecule has 43 heavy (non-hydrogen) atoms. The van der Waals surface area contributed by atoms with E-state index in [1.165, 1.54) is 27.5 Å². The number of allylic oxidation sites excluding steroid dienone is 1. The average Bonchev–Trinajstić information content (AvgIpc) is 3.52. The van der Waals surface area contributed by atoms with Crippen LogP contribution in [0.5, 0.6) is 0 Å². The van der Waals surface area contributed by atoms with E-state index in [-0.39, 0.29) is 0 Å². The molecule has 0 radical (unpaired) electrons. The van der Waals surface area contributed by atoms with Gasteiger partial charge in [0.1, 0.15) is 5.52 Å². The van der Waals surface area contributed by atoms with Crippen LogP contribution in [0.2, 0.25) is 0 Å². The SMILES string of the molecule is C1=NC(c2cccc(-c3ccc(-c4nc5ccc(-c6ccc(-c7cccc8ccccc78)cc6)cc5o4)cc3)c2)=CCC1. The zero-order chi connectivity index (χ0) is 28.6. The number of rotatable bonds is 5. The predicted octanol–water partition coefficient (Wildman–Crippen LogP) is 10.9. The van der Waals surface area contributed by atoms with Crippen molar-refractivity contribution in [1.29, 1.82) is 0 Å². The summed E-state index contributed by atoms with van der Waals surface area (Å²) in [5.41, 5.74) is 11.8. The summed E-state index contributed by atoms with van der Waals surface area (Å²) in [6.45, 7) is 0. The van der Waals surface area contributed by atoms with Crippen molar-refractivity contribution < 1.29 is 4.42 Å². The van der Waals surface area contributed by atoms with Crippen LogP contribution in [0.1, 0.15) is 18.4 Å². The van der Waals surface area contributed by atoms with Crippen molar-refractivity contribution in [2.75, 3.05) is 0 Å². The van der Waals surface area contributed by atoms with Crippen LogP contribution in [0.3, 0.4) is 0 Å². The second-order valence-corrected chi connectivity index (χ2v) is 10.9. The minimum Gasteiger partial charge on any atom is -0.436 e. The lowest BCUT2D eigenvalue weighted by atomic mass is 9.96. The van der Waals surface area contributed by atoms with Crippen LogP contribution in [0.4, 0.5) is 0 Å². The van der Waals surface area contributed by atoms with Gasteiger partial charge in [-0.3, -0.25) is 4.99 Å². The van der Waals surface area contributed by atoms with Crippen LogP contribution >= 0.6 is 0 Å². The van der Waals surface area contributed by atoms with Crippen molar-refractivity contribution in [2.24, 2.45) is 4.99 Å². The van der Waals surface area contributed by atoms with E-state index in [0.717, 1.165) is 57.5 Å². The highest BCUT2D eigenvalue weighted by atomic mass is 16.3. The largest absolute Gasteiger partial charge is 0.436 e. The van der Waals surface area contributed by atoms with E-state index in [4.69, 9.17) is 9.40 Å². The van der Waals surface area contributed by atoms with Crippen molar-refractivity contribution in [1.82, 2.24) is 4.98 Å².